The molecule has 3 aromatic rings. The first-order valence-electron chi connectivity index (χ1n) is 6.54. The van der Waals surface area contributed by atoms with Gasteiger partial charge in [0.1, 0.15) is 0 Å². The quantitative estimate of drug-likeness (QED) is 0.774. The highest BCUT2D eigenvalue weighted by Gasteiger charge is 2.12. The van der Waals surface area contributed by atoms with Gasteiger partial charge in [-0.3, -0.25) is 9.48 Å². The first-order valence-corrected chi connectivity index (χ1v) is 7.34. The molecule has 0 spiro atoms. The van der Waals surface area contributed by atoms with Crippen LogP contribution in [0.2, 0.25) is 0 Å². The number of aromatic nitrogens is 3. The minimum absolute atomic E-state index is 0.101. The van der Waals surface area contributed by atoms with Crippen molar-refractivity contribution in [3.8, 4) is 0 Å². The Bertz CT molecular complexity index is 895. The summed E-state index contributed by atoms with van der Waals surface area (Å²) in [6, 6.07) is 7.96. The molecular formula is C15H15BrN4O. The van der Waals surface area contributed by atoms with Gasteiger partial charge in [-0.25, -0.2) is 0 Å². The van der Waals surface area contributed by atoms with E-state index >= 15 is 0 Å². The summed E-state index contributed by atoms with van der Waals surface area (Å²) in [6.07, 6.45) is 1.67. The van der Waals surface area contributed by atoms with E-state index in [1.165, 1.54) is 0 Å². The van der Waals surface area contributed by atoms with Gasteiger partial charge >= 0.3 is 0 Å². The molecule has 2 heterocycles. The zero-order valence-corrected chi connectivity index (χ0v) is 13.4. The van der Waals surface area contributed by atoms with E-state index in [0.29, 0.717) is 16.7 Å². The van der Waals surface area contributed by atoms with Gasteiger partial charge in [0.25, 0.3) is 5.56 Å². The maximum atomic E-state index is 12.3. The normalized spacial score (nSPS) is 11.2. The standard InChI is InChI=1S/C15H15BrN4O/c1-9-11(17)7-20(15(21)14(9)16)8-12-10-5-3-4-6-13(10)19(2)18-12/h3-7H,8,17H2,1-2H3. The zero-order chi connectivity index (χ0) is 15.1. The Kier molecular flexibility index (Phi) is 3.33. The number of benzene rings is 1. The molecule has 21 heavy (non-hydrogen) atoms. The maximum Gasteiger partial charge on any atom is 0.265 e. The highest BCUT2D eigenvalue weighted by atomic mass is 79.9. The first-order chi connectivity index (χ1) is 9.99. The predicted molar refractivity (Wildman–Crippen MR) is 87.4 cm³/mol. The first kappa shape index (κ1) is 13.9. The van der Waals surface area contributed by atoms with Crippen LogP contribution in [0.1, 0.15) is 11.3 Å². The average molecular weight is 347 g/mol. The Balaban J connectivity index is 2.14. The second-order valence-electron chi connectivity index (χ2n) is 5.04. The molecule has 3 rings (SSSR count). The van der Waals surface area contributed by atoms with E-state index in [4.69, 9.17) is 5.73 Å². The molecule has 108 valence electrons. The van der Waals surface area contributed by atoms with E-state index < -0.39 is 0 Å². The second-order valence-corrected chi connectivity index (χ2v) is 5.84. The lowest BCUT2D eigenvalue weighted by Crippen LogP contribution is -2.23. The van der Waals surface area contributed by atoms with E-state index in [9.17, 15) is 4.79 Å². The Morgan fingerprint density at radius 1 is 1.33 bits per heavy atom. The fraction of sp³-hybridized carbons (Fsp3) is 0.200. The molecule has 0 atom stereocenters. The Morgan fingerprint density at radius 2 is 2.05 bits per heavy atom. The molecular weight excluding hydrogens is 332 g/mol. The monoisotopic (exact) mass is 346 g/mol. The largest absolute Gasteiger partial charge is 0.397 e. The number of fused-ring (bicyclic) bond motifs is 1. The van der Waals surface area contributed by atoms with Crippen LogP contribution in [0.4, 0.5) is 5.69 Å². The lowest BCUT2D eigenvalue weighted by molar-refractivity contribution is 0.699. The highest BCUT2D eigenvalue weighted by Crippen LogP contribution is 2.20. The number of anilines is 1. The molecule has 5 nitrogen and oxygen atoms in total. The van der Waals surface area contributed by atoms with Gasteiger partial charge in [-0.1, -0.05) is 18.2 Å². The molecule has 0 aliphatic carbocycles. The molecule has 0 saturated carbocycles. The number of nitrogen functional groups attached to an aromatic ring is 1. The number of nitrogens with two attached hydrogens (primary N) is 1. The lowest BCUT2D eigenvalue weighted by Gasteiger charge is -2.09. The van der Waals surface area contributed by atoms with Crippen LogP contribution >= 0.6 is 15.9 Å². The summed E-state index contributed by atoms with van der Waals surface area (Å²) in [4.78, 5) is 12.3. The predicted octanol–water partition coefficient (Wildman–Crippen LogP) is 2.44. The summed E-state index contributed by atoms with van der Waals surface area (Å²) in [7, 11) is 1.90. The number of aryl methyl sites for hydroxylation is 1. The van der Waals surface area contributed by atoms with Crippen molar-refractivity contribution in [2.24, 2.45) is 7.05 Å². The smallest absolute Gasteiger partial charge is 0.265 e. The number of rotatable bonds is 2. The van der Waals surface area contributed by atoms with Crippen molar-refractivity contribution in [1.82, 2.24) is 14.3 Å². The topological polar surface area (TPSA) is 65.8 Å². The van der Waals surface area contributed by atoms with Crippen molar-refractivity contribution in [3.05, 3.63) is 56.5 Å². The van der Waals surface area contributed by atoms with Crippen molar-refractivity contribution >= 4 is 32.5 Å². The molecule has 0 radical (unpaired) electrons. The van der Waals surface area contributed by atoms with Gasteiger partial charge < -0.3 is 10.3 Å². The molecule has 0 unspecified atom stereocenters. The van der Waals surface area contributed by atoms with Crippen molar-refractivity contribution in [2.45, 2.75) is 13.5 Å². The van der Waals surface area contributed by atoms with Crippen LogP contribution in [0, 0.1) is 6.92 Å². The number of nitrogens with zero attached hydrogens (tertiary/aromatic N) is 3. The van der Waals surface area contributed by atoms with Crippen molar-refractivity contribution in [1.29, 1.82) is 0 Å². The molecule has 0 aliphatic heterocycles. The van der Waals surface area contributed by atoms with Crippen molar-refractivity contribution in [2.75, 3.05) is 5.73 Å². The summed E-state index contributed by atoms with van der Waals surface area (Å²) in [5.41, 5.74) is 9.09. The minimum atomic E-state index is -0.101. The number of pyridine rings is 1. The number of halogens is 1. The lowest BCUT2D eigenvalue weighted by atomic mass is 10.2. The summed E-state index contributed by atoms with van der Waals surface area (Å²) in [6.45, 7) is 2.21. The number of para-hydroxylation sites is 1. The third kappa shape index (κ3) is 2.25. The summed E-state index contributed by atoms with van der Waals surface area (Å²) in [5, 5.41) is 5.55. The summed E-state index contributed by atoms with van der Waals surface area (Å²) >= 11 is 3.31. The molecule has 2 N–H and O–H groups in total. The van der Waals surface area contributed by atoms with Crippen LogP contribution in [0.3, 0.4) is 0 Å². The molecule has 6 heteroatoms. The van der Waals surface area contributed by atoms with Crippen molar-refractivity contribution in [3.63, 3.8) is 0 Å². The highest BCUT2D eigenvalue weighted by molar-refractivity contribution is 9.10. The van der Waals surface area contributed by atoms with Gasteiger partial charge in [0.15, 0.2) is 0 Å². The van der Waals surface area contributed by atoms with Gasteiger partial charge in [-0.05, 0) is 34.5 Å². The molecule has 1 aromatic carbocycles. The van der Waals surface area contributed by atoms with E-state index in [1.54, 1.807) is 10.8 Å². The van der Waals surface area contributed by atoms with Crippen LogP contribution in [-0.4, -0.2) is 14.3 Å². The van der Waals surface area contributed by atoms with Gasteiger partial charge in [0.2, 0.25) is 0 Å². The summed E-state index contributed by atoms with van der Waals surface area (Å²) < 4.78 is 3.91. The Labute approximate surface area is 130 Å². The SMILES string of the molecule is Cc1c(N)cn(Cc2nn(C)c3ccccc23)c(=O)c1Br. The van der Waals surface area contributed by atoms with Gasteiger partial charge in [-0.2, -0.15) is 5.10 Å². The summed E-state index contributed by atoms with van der Waals surface area (Å²) in [5.74, 6) is 0. The van der Waals surface area contributed by atoms with Crippen LogP contribution in [0.25, 0.3) is 10.9 Å². The van der Waals surface area contributed by atoms with E-state index in [2.05, 4.69) is 21.0 Å². The molecule has 0 aliphatic rings. The third-order valence-corrected chi connectivity index (χ3v) is 4.59. The van der Waals surface area contributed by atoms with E-state index in [0.717, 1.165) is 22.2 Å². The van der Waals surface area contributed by atoms with E-state index in [1.807, 2.05) is 42.9 Å². The molecule has 0 fully saturated rings. The van der Waals surface area contributed by atoms with Crippen LogP contribution < -0.4 is 11.3 Å². The van der Waals surface area contributed by atoms with E-state index in [-0.39, 0.29) is 5.56 Å². The van der Waals surface area contributed by atoms with Crippen LogP contribution in [0.15, 0.2) is 39.7 Å². The molecule has 0 saturated heterocycles. The molecule has 0 amide bonds. The van der Waals surface area contributed by atoms with Crippen LogP contribution in [-0.2, 0) is 13.6 Å². The Hall–Kier alpha value is -2.08. The molecule has 0 bridgehead atoms. The minimum Gasteiger partial charge on any atom is -0.397 e. The Morgan fingerprint density at radius 3 is 2.81 bits per heavy atom. The van der Waals surface area contributed by atoms with Gasteiger partial charge in [0.05, 0.1) is 27.9 Å². The number of hydrogen-bond acceptors (Lipinski definition) is 3. The number of hydrogen-bond donors (Lipinski definition) is 1. The van der Waals surface area contributed by atoms with Crippen molar-refractivity contribution < 1.29 is 0 Å². The third-order valence-electron chi connectivity index (χ3n) is 3.66. The molecule has 2 aromatic heterocycles. The average Bonchev–Trinajstić information content (AvgIpc) is 2.79. The fourth-order valence-corrected chi connectivity index (χ4v) is 2.88. The van der Waals surface area contributed by atoms with Gasteiger partial charge in [0, 0.05) is 18.6 Å². The second kappa shape index (κ2) is 5.04. The van der Waals surface area contributed by atoms with Crippen LogP contribution in [0.5, 0.6) is 0 Å². The van der Waals surface area contributed by atoms with Gasteiger partial charge in [-0.15, -0.1) is 0 Å². The zero-order valence-electron chi connectivity index (χ0n) is 11.8. The maximum absolute atomic E-state index is 12.3. The fourth-order valence-electron chi connectivity index (χ4n) is 2.42.